The minimum atomic E-state index is 0.911. The van der Waals surface area contributed by atoms with E-state index in [1.807, 2.05) is 17.9 Å². The Kier molecular flexibility index (Phi) is 1.35. The molecule has 2 heterocycles. The fraction of sp³-hybridized carbons (Fsp3) is 0.250. The van der Waals surface area contributed by atoms with Crippen molar-refractivity contribution in [2.75, 3.05) is 0 Å². The molecule has 1 aromatic rings. The molecule has 0 atom stereocenters. The summed E-state index contributed by atoms with van der Waals surface area (Å²) in [6, 6.07) is 0. The lowest BCUT2D eigenvalue weighted by Crippen LogP contribution is -1.91. The highest BCUT2D eigenvalue weighted by Crippen LogP contribution is 2.20. The predicted molar refractivity (Wildman–Crippen MR) is 45.0 cm³/mol. The molecule has 3 heteroatoms. The molecule has 0 unspecified atom stereocenters. The fourth-order valence-electron chi connectivity index (χ4n) is 1.12. The molecule has 0 radical (unpaired) electrons. The second-order valence-electron chi connectivity index (χ2n) is 2.49. The first kappa shape index (κ1) is 6.34. The molecule has 0 fully saturated rings. The van der Waals surface area contributed by atoms with Gasteiger partial charge in [0, 0.05) is 19.7 Å². The van der Waals surface area contributed by atoms with E-state index >= 15 is 0 Å². The van der Waals surface area contributed by atoms with Crippen molar-refractivity contribution in [3.8, 4) is 0 Å². The van der Waals surface area contributed by atoms with Crippen molar-refractivity contribution in [3.63, 3.8) is 0 Å². The highest BCUT2D eigenvalue weighted by atomic mass is 15.3. The molecule has 0 N–H and O–H groups in total. The Balaban J connectivity index is 2.60. The van der Waals surface area contributed by atoms with Gasteiger partial charge in [-0.2, -0.15) is 5.10 Å². The zero-order valence-electron chi connectivity index (χ0n) is 6.36. The smallest absolute Gasteiger partial charge is 0.108 e. The summed E-state index contributed by atoms with van der Waals surface area (Å²) in [5.41, 5.74) is 2.04. The molecule has 0 aromatic carbocycles. The Morgan fingerprint density at radius 2 is 2.45 bits per heavy atom. The second-order valence-corrected chi connectivity index (χ2v) is 2.49. The van der Waals surface area contributed by atoms with Crippen LogP contribution in [-0.4, -0.2) is 16.0 Å². The molecule has 1 aliphatic heterocycles. The number of aromatic nitrogens is 2. The fourth-order valence-corrected chi connectivity index (χ4v) is 1.12. The zero-order chi connectivity index (χ0) is 7.68. The van der Waals surface area contributed by atoms with Gasteiger partial charge in [-0.15, -0.1) is 0 Å². The molecule has 11 heavy (non-hydrogen) atoms. The highest BCUT2D eigenvalue weighted by molar-refractivity contribution is 5.73. The molecule has 1 aromatic heterocycles. The Bertz CT molecular complexity index is 320. The Morgan fingerprint density at radius 1 is 1.55 bits per heavy atom. The Morgan fingerprint density at radius 3 is 3.36 bits per heavy atom. The average molecular weight is 147 g/mol. The maximum absolute atomic E-state index is 4.24. The van der Waals surface area contributed by atoms with Crippen LogP contribution in [0.5, 0.6) is 0 Å². The molecule has 0 saturated heterocycles. The van der Waals surface area contributed by atoms with Crippen LogP contribution in [0.1, 0.15) is 12.1 Å². The van der Waals surface area contributed by atoms with Crippen LogP contribution in [0.2, 0.25) is 0 Å². The third-order valence-electron chi connectivity index (χ3n) is 1.71. The van der Waals surface area contributed by atoms with Crippen LogP contribution >= 0.6 is 0 Å². The summed E-state index contributed by atoms with van der Waals surface area (Å²) in [6.07, 6.45) is 8.71. The van der Waals surface area contributed by atoms with Crippen molar-refractivity contribution in [2.24, 2.45) is 12.0 Å². The van der Waals surface area contributed by atoms with Gasteiger partial charge in [0.05, 0.1) is 11.9 Å². The minimum absolute atomic E-state index is 0.911. The van der Waals surface area contributed by atoms with Gasteiger partial charge in [-0.25, -0.2) is 0 Å². The third-order valence-corrected chi connectivity index (χ3v) is 1.71. The lowest BCUT2D eigenvalue weighted by Gasteiger charge is -1.92. The summed E-state index contributed by atoms with van der Waals surface area (Å²) < 4.78 is 1.83. The van der Waals surface area contributed by atoms with E-state index in [9.17, 15) is 0 Å². The number of rotatable bonds is 0. The van der Waals surface area contributed by atoms with Crippen LogP contribution in [0.4, 0.5) is 5.69 Å². The van der Waals surface area contributed by atoms with Crippen molar-refractivity contribution in [3.05, 3.63) is 18.0 Å². The van der Waals surface area contributed by atoms with Crippen LogP contribution < -0.4 is 0 Å². The summed E-state index contributed by atoms with van der Waals surface area (Å²) in [5.74, 6) is 0. The number of hydrogen-bond acceptors (Lipinski definition) is 2. The van der Waals surface area contributed by atoms with Crippen molar-refractivity contribution >= 4 is 18.0 Å². The topological polar surface area (TPSA) is 30.2 Å². The highest BCUT2D eigenvalue weighted by Gasteiger charge is 2.03. The Labute approximate surface area is 65.1 Å². The van der Waals surface area contributed by atoms with E-state index in [0.29, 0.717) is 0 Å². The first-order valence-corrected chi connectivity index (χ1v) is 3.59. The maximum atomic E-state index is 4.24. The number of fused-ring (bicyclic) bond motifs is 1. The zero-order valence-corrected chi connectivity index (χ0v) is 6.36. The van der Waals surface area contributed by atoms with Crippen LogP contribution in [0.25, 0.3) is 6.08 Å². The number of hydrogen-bond donors (Lipinski definition) is 0. The van der Waals surface area contributed by atoms with Gasteiger partial charge in [0.1, 0.15) is 5.69 Å². The molecular weight excluding hydrogens is 138 g/mol. The van der Waals surface area contributed by atoms with Crippen LogP contribution in [0, 0.1) is 0 Å². The van der Waals surface area contributed by atoms with Crippen molar-refractivity contribution in [1.82, 2.24) is 9.78 Å². The molecule has 0 aliphatic carbocycles. The molecular formula is C8H9N3. The minimum Gasteiger partial charge on any atom is -0.266 e. The molecule has 0 amide bonds. The van der Waals surface area contributed by atoms with Crippen molar-refractivity contribution < 1.29 is 0 Å². The van der Waals surface area contributed by atoms with Crippen molar-refractivity contribution in [2.45, 2.75) is 6.42 Å². The molecule has 0 bridgehead atoms. The number of allylic oxidation sites excluding steroid dienone is 1. The summed E-state index contributed by atoms with van der Waals surface area (Å²) >= 11 is 0. The van der Waals surface area contributed by atoms with Gasteiger partial charge in [0.15, 0.2) is 0 Å². The first-order chi connectivity index (χ1) is 5.38. The van der Waals surface area contributed by atoms with Gasteiger partial charge >= 0.3 is 0 Å². The Hall–Kier alpha value is -1.38. The van der Waals surface area contributed by atoms with Crippen LogP contribution in [0.15, 0.2) is 17.3 Å². The number of aryl methyl sites for hydroxylation is 1. The quantitative estimate of drug-likeness (QED) is 0.547. The van der Waals surface area contributed by atoms with Gasteiger partial charge in [-0.05, 0) is 6.08 Å². The van der Waals surface area contributed by atoms with Crippen molar-refractivity contribution in [1.29, 1.82) is 0 Å². The molecule has 56 valence electrons. The summed E-state index contributed by atoms with van der Waals surface area (Å²) in [7, 11) is 1.92. The third kappa shape index (κ3) is 0.981. The maximum Gasteiger partial charge on any atom is 0.108 e. The standard InChI is InChI=1S/C8H9N3/c1-11-8-4-2-3-5-9-7(8)6-10-11/h2,4-6H,3H2,1H3. The molecule has 0 saturated carbocycles. The van der Waals surface area contributed by atoms with Gasteiger partial charge < -0.3 is 0 Å². The largest absolute Gasteiger partial charge is 0.266 e. The lowest BCUT2D eigenvalue weighted by atomic mass is 10.3. The van der Waals surface area contributed by atoms with E-state index in [1.54, 1.807) is 6.20 Å². The van der Waals surface area contributed by atoms with Crippen LogP contribution in [-0.2, 0) is 7.05 Å². The normalized spacial score (nSPS) is 14.6. The van der Waals surface area contributed by atoms with E-state index in [2.05, 4.69) is 22.2 Å². The van der Waals surface area contributed by atoms with Gasteiger partial charge in [-0.3, -0.25) is 9.67 Å². The van der Waals surface area contributed by atoms with E-state index in [0.717, 1.165) is 17.8 Å². The average Bonchev–Trinajstić information content (AvgIpc) is 2.25. The molecule has 0 spiro atoms. The van der Waals surface area contributed by atoms with E-state index in [1.165, 1.54) is 0 Å². The van der Waals surface area contributed by atoms with Gasteiger partial charge in [0.25, 0.3) is 0 Å². The van der Waals surface area contributed by atoms with E-state index in [-0.39, 0.29) is 0 Å². The summed E-state index contributed by atoms with van der Waals surface area (Å²) in [5, 5.41) is 4.09. The summed E-state index contributed by atoms with van der Waals surface area (Å²) in [4.78, 5) is 4.24. The monoisotopic (exact) mass is 147 g/mol. The summed E-state index contributed by atoms with van der Waals surface area (Å²) in [6.45, 7) is 0. The first-order valence-electron chi connectivity index (χ1n) is 3.59. The van der Waals surface area contributed by atoms with E-state index in [4.69, 9.17) is 0 Å². The van der Waals surface area contributed by atoms with Crippen LogP contribution in [0.3, 0.4) is 0 Å². The molecule has 3 nitrogen and oxygen atoms in total. The predicted octanol–water partition coefficient (Wildman–Crippen LogP) is 1.54. The lowest BCUT2D eigenvalue weighted by molar-refractivity contribution is 0.759. The molecule has 1 aliphatic rings. The number of nitrogens with zero attached hydrogens (tertiary/aromatic N) is 3. The van der Waals surface area contributed by atoms with E-state index < -0.39 is 0 Å². The van der Waals surface area contributed by atoms with Gasteiger partial charge in [0.2, 0.25) is 0 Å². The second kappa shape index (κ2) is 2.34. The SMILES string of the molecule is Cn1ncc2c1C=CCC=N2. The number of aliphatic imine (C=N–C) groups is 1. The van der Waals surface area contributed by atoms with Gasteiger partial charge in [-0.1, -0.05) is 6.08 Å². The molecule has 2 rings (SSSR count).